The molecule has 160 valence electrons. The molecule has 2 aliphatic rings. The third-order valence-electron chi connectivity index (χ3n) is 4.63. The summed E-state index contributed by atoms with van der Waals surface area (Å²) >= 11 is 0. The molecule has 0 saturated carbocycles. The molecule has 0 fully saturated rings. The molecule has 1 aliphatic heterocycles. The molecule has 0 bridgehead atoms. The van der Waals surface area contributed by atoms with Gasteiger partial charge >= 0.3 is 6.09 Å². The first-order valence-corrected chi connectivity index (χ1v) is 10.2. The minimum Gasteiger partial charge on any atom is -0.444 e. The van der Waals surface area contributed by atoms with Gasteiger partial charge in [0.25, 0.3) is 11.8 Å². The Balaban J connectivity index is 0.000000274. The predicted octanol–water partition coefficient (Wildman–Crippen LogP) is 4.36. The number of carbonyl (C=O) groups is 3. The smallest absolute Gasteiger partial charge is 0.405 e. The van der Waals surface area contributed by atoms with E-state index in [2.05, 4.69) is 16.9 Å². The summed E-state index contributed by atoms with van der Waals surface area (Å²) in [4.78, 5) is 36.4. The molecule has 1 aliphatic carbocycles. The van der Waals surface area contributed by atoms with Crippen LogP contribution in [0.1, 0.15) is 66.5 Å². The quantitative estimate of drug-likeness (QED) is 0.708. The maximum absolute atomic E-state index is 12.5. The average molecular weight is 411 g/mol. The van der Waals surface area contributed by atoms with Gasteiger partial charge in [-0.25, -0.2) is 4.79 Å². The summed E-state index contributed by atoms with van der Waals surface area (Å²) in [7, 11) is 0. The standard InChI is InChI=1S/C17H13NO2.C5H11NO2.C2H6/c19-16-14-7-3-4-8-15(14)17(20)18(16)13-9-11-5-1-2-6-12(11)10-13;1-5(2,3)8-4(6)7;1-2/h1-8,13H,9-10H2;1-3H3,(H2,6,7);1-2H3. The Labute approximate surface area is 178 Å². The van der Waals surface area contributed by atoms with E-state index in [1.807, 2.05) is 26.0 Å². The van der Waals surface area contributed by atoms with Gasteiger partial charge in [0, 0.05) is 6.04 Å². The molecule has 0 spiro atoms. The zero-order valence-electron chi connectivity index (χ0n) is 18.3. The fourth-order valence-corrected chi connectivity index (χ4v) is 3.56. The lowest BCUT2D eigenvalue weighted by Crippen LogP contribution is -2.40. The molecule has 3 amide bonds. The van der Waals surface area contributed by atoms with Crippen molar-refractivity contribution in [2.24, 2.45) is 5.73 Å². The van der Waals surface area contributed by atoms with Crippen molar-refractivity contribution < 1.29 is 19.1 Å². The molecule has 6 heteroatoms. The topological polar surface area (TPSA) is 89.7 Å². The van der Waals surface area contributed by atoms with Gasteiger partial charge in [0.05, 0.1) is 11.1 Å². The van der Waals surface area contributed by atoms with Gasteiger partial charge in [-0.2, -0.15) is 0 Å². The SMILES string of the molecule is CC.CC(C)(C)OC(N)=O.O=C1c2ccccc2C(=O)N1C1Cc2ccccc2C1. The lowest BCUT2D eigenvalue weighted by molar-refractivity contribution is 0.0580. The van der Waals surface area contributed by atoms with Gasteiger partial charge in [0.15, 0.2) is 0 Å². The van der Waals surface area contributed by atoms with Gasteiger partial charge in [0.1, 0.15) is 5.60 Å². The highest BCUT2D eigenvalue weighted by Gasteiger charge is 2.41. The third-order valence-corrected chi connectivity index (χ3v) is 4.63. The highest BCUT2D eigenvalue weighted by molar-refractivity contribution is 6.21. The Bertz CT molecular complexity index is 871. The Morgan fingerprint density at radius 3 is 1.63 bits per heavy atom. The summed E-state index contributed by atoms with van der Waals surface area (Å²) in [5.41, 5.74) is 7.83. The molecule has 2 aromatic carbocycles. The van der Waals surface area contributed by atoms with Crippen LogP contribution < -0.4 is 5.73 Å². The van der Waals surface area contributed by atoms with Gasteiger partial charge in [-0.05, 0) is 56.9 Å². The second-order valence-electron chi connectivity index (χ2n) is 7.89. The van der Waals surface area contributed by atoms with Crippen molar-refractivity contribution in [3.8, 4) is 0 Å². The number of primary amides is 1. The lowest BCUT2D eigenvalue weighted by Gasteiger charge is -2.21. The van der Waals surface area contributed by atoms with E-state index >= 15 is 0 Å². The number of imide groups is 1. The van der Waals surface area contributed by atoms with E-state index in [-0.39, 0.29) is 17.9 Å². The fourth-order valence-electron chi connectivity index (χ4n) is 3.56. The number of hydrogen-bond acceptors (Lipinski definition) is 4. The van der Waals surface area contributed by atoms with E-state index in [0.29, 0.717) is 11.1 Å². The van der Waals surface area contributed by atoms with Gasteiger partial charge < -0.3 is 10.5 Å². The zero-order valence-corrected chi connectivity index (χ0v) is 18.3. The number of amides is 3. The van der Waals surface area contributed by atoms with Crippen LogP contribution in [-0.2, 0) is 17.6 Å². The molecule has 30 heavy (non-hydrogen) atoms. The third kappa shape index (κ3) is 5.26. The Kier molecular flexibility index (Phi) is 7.38. The monoisotopic (exact) mass is 410 g/mol. The molecule has 2 aromatic rings. The number of carbonyl (C=O) groups excluding carboxylic acids is 3. The van der Waals surface area contributed by atoms with Crippen molar-refractivity contribution in [3.05, 3.63) is 70.8 Å². The molecule has 4 rings (SSSR count). The van der Waals surface area contributed by atoms with Crippen molar-refractivity contribution in [2.75, 3.05) is 0 Å². The Morgan fingerprint density at radius 2 is 1.30 bits per heavy atom. The van der Waals surface area contributed by atoms with Gasteiger partial charge in [-0.3, -0.25) is 14.5 Å². The molecule has 2 N–H and O–H groups in total. The van der Waals surface area contributed by atoms with Crippen molar-refractivity contribution in [2.45, 2.75) is 59.1 Å². The van der Waals surface area contributed by atoms with Gasteiger partial charge in [0.2, 0.25) is 0 Å². The first-order valence-electron chi connectivity index (χ1n) is 10.2. The molecule has 0 aromatic heterocycles. The van der Waals surface area contributed by atoms with Crippen molar-refractivity contribution in [3.63, 3.8) is 0 Å². The molecular weight excluding hydrogens is 380 g/mol. The highest BCUT2D eigenvalue weighted by Crippen LogP contribution is 2.31. The summed E-state index contributed by atoms with van der Waals surface area (Å²) in [5.74, 6) is -0.299. The number of hydrogen-bond donors (Lipinski definition) is 1. The van der Waals surface area contributed by atoms with Crippen LogP contribution in [-0.4, -0.2) is 34.5 Å². The minimum absolute atomic E-state index is 0.0419. The van der Waals surface area contributed by atoms with Crippen molar-refractivity contribution in [1.29, 1.82) is 0 Å². The second-order valence-corrected chi connectivity index (χ2v) is 7.89. The number of nitrogens with two attached hydrogens (primary N) is 1. The van der Waals surface area contributed by atoms with Gasteiger partial charge in [-0.15, -0.1) is 0 Å². The second kappa shape index (κ2) is 9.57. The maximum Gasteiger partial charge on any atom is 0.405 e. The van der Waals surface area contributed by atoms with E-state index in [4.69, 9.17) is 5.73 Å². The van der Waals surface area contributed by atoms with Crippen LogP contribution in [0.5, 0.6) is 0 Å². The Hall–Kier alpha value is -3.15. The van der Waals surface area contributed by atoms with Crippen LogP contribution in [0, 0.1) is 0 Å². The van der Waals surface area contributed by atoms with E-state index < -0.39 is 11.7 Å². The maximum atomic E-state index is 12.5. The lowest BCUT2D eigenvalue weighted by atomic mass is 10.1. The zero-order chi connectivity index (χ0) is 22.5. The molecular formula is C24H30N2O4. The molecule has 0 unspecified atom stereocenters. The summed E-state index contributed by atoms with van der Waals surface area (Å²) in [6, 6.07) is 15.2. The first kappa shape index (κ1) is 23.1. The van der Waals surface area contributed by atoms with E-state index in [1.165, 1.54) is 16.0 Å². The van der Waals surface area contributed by atoms with Crippen molar-refractivity contribution in [1.82, 2.24) is 4.90 Å². The number of benzene rings is 2. The fraction of sp³-hybridized carbons (Fsp3) is 0.375. The van der Waals surface area contributed by atoms with E-state index in [0.717, 1.165) is 12.8 Å². The average Bonchev–Trinajstić information content (AvgIpc) is 3.21. The normalized spacial score (nSPS) is 14.8. The van der Waals surface area contributed by atoms with Crippen LogP contribution in [0.3, 0.4) is 0 Å². The number of nitrogens with zero attached hydrogens (tertiary/aromatic N) is 1. The Morgan fingerprint density at radius 1 is 0.900 bits per heavy atom. The highest BCUT2D eigenvalue weighted by atomic mass is 16.6. The van der Waals surface area contributed by atoms with Crippen LogP contribution >= 0.6 is 0 Å². The van der Waals surface area contributed by atoms with Crippen LogP contribution in [0.4, 0.5) is 4.79 Å². The number of rotatable bonds is 1. The number of fused-ring (bicyclic) bond motifs is 2. The predicted molar refractivity (Wildman–Crippen MR) is 116 cm³/mol. The summed E-state index contributed by atoms with van der Waals surface area (Å²) < 4.78 is 4.58. The molecule has 6 nitrogen and oxygen atoms in total. The minimum atomic E-state index is -0.725. The summed E-state index contributed by atoms with van der Waals surface area (Å²) in [5, 5.41) is 0. The van der Waals surface area contributed by atoms with Gasteiger partial charge in [-0.1, -0.05) is 50.2 Å². The summed E-state index contributed by atoms with van der Waals surface area (Å²) in [6.07, 6.45) is 0.806. The van der Waals surface area contributed by atoms with Crippen LogP contribution in [0.2, 0.25) is 0 Å². The molecule has 0 radical (unpaired) electrons. The van der Waals surface area contributed by atoms with Crippen molar-refractivity contribution >= 4 is 17.9 Å². The molecule has 1 heterocycles. The summed E-state index contributed by atoms with van der Waals surface area (Å²) in [6.45, 7) is 9.28. The van der Waals surface area contributed by atoms with Crippen LogP contribution in [0.25, 0.3) is 0 Å². The molecule has 0 saturated heterocycles. The van der Waals surface area contributed by atoms with E-state index in [1.54, 1.807) is 45.0 Å². The van der Waals surface area contributed by atoms with E-state index in [9.17, 15) is 14.4 Å². The largest absolute Gasteiger partial charge is 0.444 e. The molecule has 0 atom stereocenters. The van der Waals surface area contributed by atoms with Crippen LogP contribution in [0.15, 0.2) is 48.5 Å². The first-order chi connectivity index (χ1) is 14.2. The number of ether oxygens (including phenoxy) is 1.